The first-order valence-electron chi connectivity index (χ1n) is 15.9. The third-order valence-corrected chi connectivity index (χ3v) is 8.82. The van der Waals surface area contributed by atoms with Crippen LogP contribution >= 0.6 is 0 Å². The molecule has 0 N–H and O–H groups in total. The standard InChI is InChI=1S/C36H53NO/c1-3-5-7-9-11-13-29-38-35-21-19-34(20-22-35)33-17-15-32(16-18-33)25-28-36(30-37)26-23-31(24-27-36)14-12-10-8-6-4-2/h15-22,31H,3-14,23-29H2,1-2H3. The third kappa shape index (κ3) is 10.5. The monoisotopic (exact) mass is 515 g/mol. The molecule has 0 aliphatic heterocycles. The molecule has 0 heterocycles. The number of aryl methyl sites for hydroxylation is 1. The molecule has 0 unspecified atom stereocenters. The Kier molecular flexibility index (Phi) is 13.8. The number of ether oxygens (including phenoxy) is 1. The molecule has 1 fully saturated rings. The van der Waals surface area contributed by atoms with Crippen molar-refractivity contribution in [2.24, 2.45) is 11.3 Å². The van der Waals surface area contributed by atoms with Crippen LogP contribution in [0.2, 0.25) is 0 Å². The molecule has 0 amide bonds. The summed E-state index contributed by atoms with van der Waals surface area (Å²) in [5.41, 5.74) is 3.71. The molecule has 2 aromatic carbocycles. The van der Waals surface area contributed by atoms with E-state index < -0.39 is 0 Å². The number of nitrogens with zero attached hydrogens (tertiary/aromatic N) is 1. The van der Waals surface area contributed by atoms with E-state index in [2.05, 4.69) is 68.4 Å². The van der Waals surface area contributed by atoms with Crippen molar-refractivity contribution in [2.45, 2.75) is 129 Å². The second-order valence-corrected chi connectivity index (χ2v) is 11.9. The Balaban J connectivity index is 1.38. The van der Waals surface area contributed by atoms with Crippen molar-refractivity contribution in [1.82, 2.24) is 0 Å². The van der Waals surface area contributed by atoms with Crippen LogP contribution in [0.15, 0.2) is 48.5 Å². The van der Waals surface area contributed by atoms with Crippen LogP contribution in [0.25, 0.3) is 11.1 Å². The van der Waals surface area contributed by atoms with E-state index in [4.69, 9.17) is 4.74 Å². The second-order valence-electron chi connectivity index (χ2n) is 11.9. The summed E-state index contributed by atoms with van der Waals surface area (Å²) < 4.78 is 5.95. The molecule has 0 atom stereocenters. The predicted octanol–water partition coefficient (Wildman–Crippen LogP) is 11.1. The summed E-state index contributed by atoms with van der Waals surface area (Å²) >= 11 is 0. The Morgan fingerprint density at radius 3 is 1.89 bits per heavy atom. The number of nitriles is 1. The summed E-state index contributed by atoms with van der Waals surface area (Å²) in [4.78, 5) is 0. The number of hydrogen-bond donors (Lipinski definition) is 0. The van der Waals surface area contributed by atoms with Gasteiger partial charge in [-0.15, -0.1) is 0 Å². The lowest BCUT2D eigenvalue weighted by Gasteiger charge is -2.35. The fourth-order valence-electron chi connectivity index (χ4n) is 6.04. The minimum Gasteiger partial charge on any atom is -0.494 e. The van der Waals surface area contributed by atoms with Gasteiger partial charge in [0.25, 0.3) is 0 Å². The highest BCUT2D eigenvalue weighted by atomic mass is 16.5. The molecular formula is C36H53NO. The zero-order chi connectivity index (χ0) is 26.9. The maximum Gasteiger partial charge on any atom is 0.119 e. The highest BCUT2D eigenvalue weighted by Crippen LogP contribution is 2.43. The van der Waals surface area contributed by atoms with Gasteiger partial charge in [0, 0.05) is 0 Å². The van der Waals surface area contributed by atoms with Gasteiger partial charge in [0.2, 0.25) is 0 Å². The van der Waals surface area contributed by atoms with E-state index in [-0.39, 0.29) is 5.41 Å². The fourth-order valence-corrected chi connectivity index (χ4v) is 6.04. The van der Waals surface area contributed by atoms with E-state index in [1.807, 2.05) is 0 Å². The van der Waals surface area contributed by atoms with Crippen LogP contribution < -0.4 is 4.74 Å². The van der Waals surface area contributed by atoms with Crippen LogP contribution in [0, 0.1) is 22.7 Å². The first-order valence-corrected chi connectivity index (χ1v) is 15.9. The molecule has 208 valence electrons. The van der Waals surface area contributed by atoms with Crippen molar-refractivity contribution in [1.29, 1.82) is 5.26 Å². The first-order chi connectivity index (χ1) is 18.7. The maximum atomic E-state index is 10.0. The average molecular weight is 516 g/mol. The van der Waals surface area contributed by atoms with Gasteiger partial charge in [-0.25, -0.2) is 0 Å². The maximum absolute atomic E-state index is 10.0. The molecule has 0 bridgehead atoms. The summed E-state index contributed by atoms with van der Waals surface area (Å²) in [6.45, 7) is 5.35. The number of benzene rings is 2. The molecular weight excluding hydrogens is 462 g/mol. The minimum absolute atomic E-state index is 0.108. The summed E-state index contributed by atoms with van der Waals surface area (Å²) in [6.07, 6.45) is 22.6. The number of unbranched alkanes of at least 4 members (excludes halogenated alkanes) is 9. The summed E-state index contributed by atoms with van der Waals surface area (Å²) in [6, 6.07) is 20.2. The molecule has 1 aliphatic carbocycles. The fraction of sp³-hybridized carbons (Fsp3) is 0.639. The normalized spacial score (nSPS) is 19.2. The summed E-state index contributed by atoms with van der Waals surface area (Å²) in [7, 11) is 0. The molecule has 0 spiro atoms. The smallest absolute Gasteiger partial charge is 0.119 e. The van der Waals surface area contributed by atoms with Crippen molar-refractivity contribution in [2.75, 3.05) is 6.61 Å². The van der Waals surface area contributed by atoms with Gasteiger partial charge in [0.05, 0.1) is 18.1 Å². The van der Waals surface area contributed by atoms with E-state index in [1.54, 1.807) is 0 Å². The van der Waals surface area contributed by atoms with Crippen molar-refractivity contribution in [3.8, 4) is 22.9 Å². The van der Waals surface area contributed by atoms with Crippen LogP contribution in [0.3, 0.4) is 0 Å². The molecule has 2 nitrogen and oxygen atoms in total. The van der Waals surface area contributed by atoms with Crippen molar-refractivity contribution in [3.63, 3.8) is 0 Å². The highest BCUT2D eigenvalue weighted by Gasteiger charge is 2.34. The molecule has 0 aromatic heterocycles. The van der Waals surface area contributed by atoms with Crippen LogP contribution in [0.1, 0.15) is 129 Å². The lowest BCUT2D eigenvalue weighted by Crippen LogP contribution is -2.26. The largest absolute Gasteiger partial charge is 0.494 e. The minimum atomic E-state index is -0.108. The Morgan fingerprint density at radius 1 is 0.737 bits per heavy atom. The molecule has 2 heteroatoms. The van der Waals surface area contributed by atoms with Gasteiger partial charge in [-0.1, -0.05) is 121 Å². The predicted molar refractivity (Wildman–Crippen MR) is 162 cm³/mol. The zero-order valence-corrected chi connectivity index (χ0v) is 24.5. The van der Waals surface area contributed by atoms with Crippen LogP contribution in [-0.2, 0) is 6.42 Å². The molecule has 0 radical (unpaired) electrons. The lowest BCUT2D eigenvalue weighted by atomic mass is 9.68. The van der Waals surface area contributed by atoms with Crippen molar-refractivity contribution >= 4 is 0 Å². The Hall–Kier alpha value is -2.27. The second kappa shape index (κ2) is 17.3. The zero-order valence-electron chi connectivity index (χ0n) is 24.5. The van der Waals surface area contributed by atoms with Gasteiger partial charge >= 0.3 is 0 Å². The first kappa shape index (κ1) is 30.3. The van der Waals surface area contributed by atoms with Crippen molar-refractivity contribution in [3.05, 3.63) is 54.1 Å². The van der Waals surface area contributed by atoms with Crippen LogP contribution in [0.5, 0.6) is 5.75 Å². The Bertz CT molecular complexity index is 915. The molecule has 38 heavy (non-hydrogen) atoms. The number of hydrogen-bond acceptors (Lipinski definition) is 2. The van der Waals surface area contributed by atoms with Gasteiger partial charge in [-0.3, -0.25) is 0 Å². The van der Waals surface area contributed by atoms with Gasteiger partial charge in [0.1, 0.15) is 5.75 Å². The molecule has 3 rings (SSSR count). The quantitative estimate of drug-likeness (QED) is 0.185. The average Bonchev–Trinajstić information content (AvgIpc) is 2.97. The molecule has 2 aromatic rings. The highest BCUT2D eigenvalue weighted by molar-refractivity contribution is 5.64. The van der Waals surface area contributed by atoms with Crippen LogP contribution in [0.4, 0.5) is 0 Å². The summed E-state index contributed by atoms with van der Waals surface area (Å²) in [5.74, 6) is 1.82. The van der Waals surface area contributed by atoms with E-state index in [1.165, 1.54) is 100 Å². The van der Waals surface area contributed by atoms with Gasteiger partial charge < -0.3 is 4.74 Å². The molecule has 1 saturated carbocycles. The van der Waals surface area contributed by atoms with Gasteiger partial charge in [-0.2, -0.15) is 5.26 Å². The Morgan fingerprint density at radius 2 is 1.29 bits per heavy atom. The van der Waals surface area contributed by atoms with E-state index in [9.17, 15) is 5.26 Å². The Labute approximate surface area is 234 Å². The van der Waals surface area contributed by atoms with E-state index in [0.717, 1.165) is 50.4 Å². The third-order valence-electron chi connectivity index (χ3n) is 8.82. The SMILES string of the molecule is CCCCCCCCOc1ccc(-c2ccc(CCC3(C#N)CCC(CCCCCCC)CC3)cc2)cc1. The topological polar surface area (TPSA) is 33.0 Å². The van der Waals surface area contributed by atoms with Crippen LogP contribution in [-0.4, -0.2) is 6.61 Å². The number of rotatable bonds is 18. The lowest BCUT2D eigenvalue weighted by molar-refractivity contribution is 0.188. The van der Waals surface area contributed by atoms with Crippen molar-refractivity contribution < 1.29 is 4.74 Å². The van der Waals surface area contributed by atoms with Gasteiger partial charge in [0.15, 0.2) is 0 Å². The molecule has 1 aliphatic rings. The van der Waals surface area contributed by atoms with E-state index in [0.29, 0.717) is 0 Å². The molecule has 0 saturated heterocycles. The van der Waals surface area contributed by atoms with E-state index >= 15 is 0 Å². The summed E-state index contributed by atoms with van der Waals surface area (Å²) in [5, 5.41) is 10.0. The van der Waals surface area contributed by atoms with Gasteiger partial charge in [-0.05, 0) is 79.7 Å².